The van der Waals surface area contributed by atoms with Crippen LogP contribution in [-0.4, -0.2) is 121 Å². The van der Waals surface area contributed by atoms with E-state index >= 15 is 0 Å². The number of aryl methyl sites for hydroxylation is 4. The molecular weight excluding hydrogens is 1010 g/mol. The maximum Gasteiger partial charge on any atom is 0.416 e. The third-order valence-electron chi connectivity index (χ3n) is 13.9. The lowest BCUT2D eigenvalue weighted by atomic mass is 10.1. The lowest BCUT2D eigenvalue weighted by Crippen LogP contribution is -2.54. The van der Waals surface area contributed by atoms with Crippen LogP contribution in [-0.2, 0) is 62.5 Å². The van der Waals surface area contributed by atoms with Crippen LogP contribution >= 0.6 is 0 Å². The van der Waals surface area contributed by atoms with Crippen LogP contribution in [0.1, 0.15) is 97.2 Å². The van der Waals surface area contributed by atoms with Crippen molar-refractivity contribution in [1.29, 1.82) is 0 Å². The van der Waals surface area contributed by atoms with Gasteiger partial charge in [0.25, 0.3) is 17.7 Å². The Morgan fingerprint density at radius 1 is 0.861 bits per heavy atom. The van der Waals surface area contributed by atoms with Gasteiger partial charge in [0.05, 0.1) is 41.5 Å². The summed E-state index contributed by atoms with van der Waals surface area (Å²) in [5.41, 5.74) is 4.91. The molecular formula is C58H63N9O12. The molecule has 21 heteroatoms. The predicted octanol–water partition coefficient (Wildman–Crippen LogP) is 7.58. The smallest absolute Gasteiger partial charge is 0.416 e. The van der Waals surface area contributed by atoms with Crippen LogP contribution in [0.2, 0.25) is 0 Å². The Balaban J connectivity index is 0.791. The summed E-state index contributed by atoms with van der Waals surface area (Å²) in [5.74, 6) is -1.50. The van der Waals surface area contributed by atoms with Crippen molar-refractivity contribution >= 4 is 69.6 Å². The number of hydrogen-bond donors (Lipinski definition) is 2. The standard InChI is InChI=1S/C58H63N9O12/c1-8-19-76-51(70)28-37-15-16-42-39(25-37)17-18-65(42)56(73)45-29-40(33-63(45)6)59-54(71)44-26-38(32-62(44)5)27-47(68)53-61-49(34-64(53)7)60-50(69)13-12-22-75-48-30-43-41(24-36(48)4)55(72)66-31-35(3)23-46(66)57(67(43)58(74)78-20-9-2)79-52-14-10-11-21-77-52/h8-9,15-18,24-26,29-30,32-34,46,52,57H,1-3,10-14,19-23,27-28,31H2,4-7H3,(H,59,71)(H,60,69)/t46-,52?,57?/m0/s1. The summed E-state index contributed by atoms with van der Waals surface area (Å²) in [6, 6.07) is 13.1. The fourth-order valence-corrected chi connectivity index (χ4v) is 10.1. The number of imidazole rings is 1. The van der Waals surface area contributed by atoms with Crippen molar-refractivity contribution in [3.63, 3.8) is 0 Å². The highest BCUT2D eigenvalue weighted by molar-refractivity contribution is 6.07. The average Bonchev–Trinajstić information content (AvgIpc) is 4.43. The number of fused-ring (bicyclic) bond motifs is 3. The Morgan fingerprint density at radius 2 is 1.65 bits per heavy atom. The molecule has 412 valence electrons. The number of Topliss-reactive ketones (excluding diaryl/α,β-unsaturated/α-hetero) is 1. The minimum Gasteiger partial charge on any atom is -0.493 e. The van der Waals surface area contributed by atoms with Crippen molar-refractivity contribution in [3.05, 3.63) is 150 Å². The molecule has 3 aliphatic heterocycles. The summed E-state index contributed by atoms with van der Waals surface area (Å²) >= 11 is 0. The monoisotopic (exact) mass is 1080 g/mol. The molecule has 2 saturated heterocycles. The number of rotatable bonds is 20. The molecule has 3 aliphatic rings. The van der Waals surface area contributed by atoms with Gasteiger partial charge in [-0.2, -0.15) is 0 Å². The zero-order valence-corrected chi connectivity index (χ0v) is 44.7. The average molecular weight is 1080 g/mol. The number of benzene rings is 2. The first kappa shape index (κ1) is 55.0. The summed E-state index contributed by atoms with van der Waals surface area (Å²) in [6.45, 7) is 14.2. The number of nitrogens with one attached hydrogen (secondary N) is 2. The van der Waals surface area contributed by atoms with Gasteiger partial charge in [0.1, 0.15) is 30.4 Å². The van der Waals surface area contributed by atoms with E-state index in [2.05, 4.69) is 35.4 Å². The topological polar surface area (TPSA) is 229 Å². The van der Waals surface area contributed by atoms with Gasteiger partial charge >= 0.3 is 12.1 Å². The van der Waals surface area contributed by atoms with E-state index in [4.69, 9.17) is 23.7 Å². The molecule has 0 saturated carbocycles. The fraction of sp³-hybridized carbons (Fsp3) is 0.345. The third-order valence-corrected chi connectivity index (χ3v) is 13.9. The normalized spacial score (nSPS) is 16.9. The zero-order chi connectivity index (χ0) is 56.1. The van der Waals surface area contributed by atoms with Crippen molar-refractivity contribution < 1.29 is 57.2 Å². The molecule has 0 spiro atoms. The van der Waals surface area contributed by atoms with Gasteiger partial charge in [-0.1, -0.05) is 43.5 Å². The Kier molecular flexibility index (Phi) is 16.6. The second kappa shape index (κ2) is 23.8. The first-order valence-corrected chi connectivity index (χ1v) is 26.0. The maximum atomic E-state index is 14.2. The number of ketones is 1. The Bertz CT molecular complexity index is 3410. The van der Waals surface area contributed by atoms with E-state index in [1.807, 2.05) is 6.07 Å². The van der Waals surface area contributed by atoms with Crippen LogP contribution in [0.15, 0.2) is 111 Å². The van der Waals surface area contributed by atoms with E-state index in [0.717, 1.165) is 29.4 Å². The largest absolute Gasteiger partial charge is 0.493 e. The quantitative estimate of drug-likeness (QED) is 0.0326. The summed E-state index contributed by atoms with van der Waals surface area (Å²) in [7, 11) is 5.03. The minimum atomic E-state index is -0.959. The second-order valence-corrected chi connectivity index (χ2v) is 19.9. The fourth-order valence-electron chi connectivity index (χ4n) is 10.1. The molecule has 79 heavy (non-hydrogen) atoms. The van der Waals surface area contributed by atoms with E-state index in [9.17, 15) is 33.6 Å². The van der Waals surface area contributed by atoms with Crippen molar-refractivity contribution in [3.8, 4) is 5.75 Å². The molecule has 9 rings (SSSR count). The van der Waals surface area contributed by atoms with Gasteiger partial charge < -0.3 is 52.9 Å². The lowest BCUT2D eigenvalue weighted by molar-refractivity contribution is -0.195. The van der Waals surface area contributed by atoms with Crippen LogP contribution in [0.25, 0.3) is 10.9 Å². The molecule has 2 unspecified atom stereocenters. The molecule has 0 bridgehead atoms. The van der Waals surface area contributed by atoms with Crippen LogP contribution in [0, 0.1) is 6.92 Å². The van der Waals surface area contributed by atoms with E-state index in [1.165, 1.54) is 32.4 Å². The predicted molar refractivity (Wildman–Crippen MR) is 292 cm³/mol. The van der Waals surface area contributed by atoms with Crippen LogP contribution < -0.4 is 20.3 Å². The van der Waals surface area contributed by atoms with Gasteiger partial charge in [-0.05, 0) is 92.1 Å². The number of carbonyl (C=O) groups is 7. The van der Waals surface area contributed by atoms with E-state index in [-0.39, 0.29) is 104 Å². The summed E-state index contributed by atoms with van der Waals surface area (Å²) < 4.78 is 35.6. The molecule has 2 N–H and O–H groups in total. The minimum absolute atomic E-state index is 0.0413. The van der Waals surface area contributed by atoms with Crippen LogP contribution in [0.4, 0.5) is 22.0 Å². The number of esters is 1. The molecule has 4 aromatic heterocycles. The Morgan fingerprint density at radius 3 is 2.42 bits per heavy atom. The zero-order valence-electron chi connectivity index (χ0n) is 44.7. The number of ether oxygens (including phenoxy) is 5. The van der Waals surface area contributed by atoms with E-state index in [1.54, 1.807) is 103 Å². The molecule has 4 amide bonds. The highest BCUT2D eigenvalue weighted by Crippen LogP contribution is 2.41. The first-order chi connectivity index (χ1) is 38.0. The number of amides is 4. The van der Waals surface area contributed by atoms with E-state index < -0.39 is 30.6 Å². The van der Waals surface area contributed by atoms with Gasteiger partial charge in [-0.15, -0.1) is 0 Å². The van der Waals surface area contributed by atoms with Crippen molar-refractivity contribution in [2.45, 2.75) is 76.9 Å². The highest BCUT2D eigenvalue weighted by atomic mass is 16.7. The first-order valence-electron chi connectivity index (χ1n) is 26.0. The Labute approximate surface area is 456 Å². The molecule has 0 radical (unpaired) electrons. The van der Waals surface area contributed by atoms with Crippen LogP contribution in [0.5, 0.6) is 5.75 Å². The van der Waals surface area contributed by atoms with Gasteiger partial charge in [-0.3, -0.25) is 33.3 Å². The Hall–Kier alpha value is -8.82. The van der Waals surface area contributed by atoms with Gasteiger partial charge in [-0.25, -0.2) is 14.7 Å². The van der Waals surface area contributed by atoms with Crippen molar-refractivity contribution in [2.24, 2.45) is 21.1 Å². The number of anilines is 3. The van der Waals surface area contributed by atoms with Crippen molar-refractivity contribution in [2.75, 3.05) is 48.5 Å². The molecule has 3 atom stereocenters. The summed E-state index contributed by atoms with van der Waals surface area (Å²) in [4.78, 5) is 102. The SMILES string of the molecule is C=CCOC(=O)Cc1ccc2c(ccn2C(=O)c2cc(NC(=O)c3cc(CC(=O)c4nc(NC(=O)CCCOc5cc6c(cc5C)C(=O)N5CC(=C)C[C@H]5C(OC5CCCCO5)N6C(=O)OCC=C)cn4C)cn3C)cn2C)c1. The second-order valence-electron chi connectivity index (χ2n) is 19.9. The molecule has 6 aromatic rings. The third kappa shape index (κ3) is 12.2. The summed E-state index contributed by atoms with van der Waals surface area (Å²) in [6.07, 6.45) is 10.3. The van der Waals surface area contributed by atoms with Crippen LogP contribution in [0.3, 0.4) is 0 Å². The van der Waals surface area contributed by atoms with Gasteiger partial charge in [0.2, 0.25) is 11.7 Å². The summed E-state index contributed by atoms with van der Waals surface area (Å²) in [5, 5.41) is 6.38. The molecule has 0 aliphatic carbocycles. The van der Waals surface area contributed by atoms with E-state index in [0.29, 0.717) is 59.8 Å². The number of carbonyl (C=O) groups excluding carboxylic acids is 7. The van der Waals surface area contributed by atoms with Crippen molar-refractivity contribution in [1.82, 2.24) is 28.2 Å². The maximum absolute atomic E-state index is 14.2. The number of aromatic nitrogens is 5. The molecule has 21 nitrogen and oxygen atoms in total. The number of hydrogen-bond acceptors (Lipinski definition) is 13. The molecule has 7 heterocycles. The lowest BCUT2D eigenvalue weighted by Gasteiger charge is -2.38. The van der Waals surface area contributed by atoms with Gasteiger partial charge in [0, 0.05) is 83.4 Å². The number of nitrogens with zero attached hydrogens (tertiary/aromatic N) is 7. The highest BCUT2D eigenvalue weighted by Gasteiger charge is 2.48. The molecule has 2 fully saturated rings. The van der Waals surface area contributed by atoms with Gasteiger partial charge in [0.15, 0.2) is 24.2 Å². The molecule has 2 aromatic carbocycles.